The molecule has 0 aliphatic carbocycles. The third-order valence-electron chi connectivity index (χ3n) is 3.95. The Morgan fingerprint density at radius 3 is 2.42 bits per heavy atom. The molecule has 3 rings (SSSR count). The van der Waals surface area contributed by atoms with Crippen molar-refractivity contribution in [3.63, 3.8) is 0 Å². The average Bonchev–Trinajstić information content (AvgIpc) is 2.59. The molecule has 0 amide bonds. The van der Waals surface area contributed by atoms with Gasteiger partial charge in [-0.25, -0.2) is 0 Å². The minimum Gasteiger partial charge on any atom is -0.377 e. The first kappa shape index (κ1) is 16.3. The molecule has 0 spiro atoms. The number of benzene rings is 3. The quantitative estimate of drug-likeness (QED) is 0.430. The van der Waals surface area contributed by atoms with Gasteiger partial charge in [0.15, 0.2) is 0 Å². The predicted molar refractivity (Wildman–Crippen MR) is 106 cm³/mol. The van der Waals surface area contributed by atoms with Crippen molar-refractivity contribution in [1.82, 2.24) is 0 Å². The van der Waals surface area contributed by atoms with Crippen molar-refractivity contribution in [2.75, 3.05) is 19.0 Å². The van der Waals surface area contributed by atoms with E-state index < -0.39 is 0 Å². The van der Waals surface area contributed by atoms with Crippen LogP contribution in [0.4, 0.5) is 5.69 Å². The summed E-state index contributed by atoms with van der Waals surface area (Å²) in [7, 11) is 4.01. The lowest BCUT2D eigenvalue weighted by atomic mass is 10.00. The van der Waals surface area contributed by atoms with Crippen molar-refractivity contribution in [3.8, 4) is 6.07 Å². The number of nitriles is 1. The van der Waals surface area contributed by atoms with Gasteiger partial charge in [-0.05, 0) is 62.1 Å². The molecule has 0 heterocycles. The molecule has 0 aliphatic rings. The van der Waals surface area contributed by atoms with E-state index in [9.17, 15) is 5.26 Å². The fraction of sp³-hybridized carbons (Fsp3) is 0.0952. The third kappa shape index (κ3) is 3.34. The number of rotatable bonds is 3. The predicted octanol–water partition coefficient (Wildman–Crippen LogP) is 5.73. The number of hydrogen-bond donors (Lipinski definition) is 0. The number of anilines is 1. The first-order valence-electron chi connectivity index (χ1n) is 7.66. The molecular formula is C21H17BrN2. The monoisotopic (exact) mass is 376 g/mol. The Morgan fingerprint density at radius 2 is 1.75 bits per heavy atom. The minimum atomic E-state index is 0.658. The summed E-state index contributed by atoms with van der Waals surface area (Å²) in [6.07, 6.45) is 1.92. The van der Waals surface area contributed by atoms with E-state index in [4.69, 9.17) is 0 Å². The maximum Gasteiger partial charge on any atom is 0.0998 e. The van der Waals surface area contributed by atoms with Gasteiger partial charge in [0.25, 0.3) is 0 Å². The Morgan fingerprint density at radius 1 is 1.00 bits per heavy atom. The zero-order chi connectivity index (χ0) is 17.1. The maximum absolute atomic E-state index is 9.59. The SMILES string of the molecule is CN(C)c1ccc(/C=C(/C#N)c2ccc3ccccc3c2)cc1Br. The molecule has 0 aliphatic heterocycles. The van der Waals surface area contributed by atoms with E-state index >= 15 is 0 Å². The Bertz CT molecular complexity index is 965. The van der Waals surface area contributed by atoms with Crippen molar-refractivity contribution in [2.24, 2.45) is 0 Å². The normalized spacial score (nSPS) is 11.3. The lowest BCUT2D eigenvalue weighted by Gasteiger charge is -2.14. The highest BCUT2D eigenvalue weighted by Gasteiger charge is 2.05. The van der Waals surface area contributed by atoms with Crippen LogP contribution in [-0.4, -0.2) is 14.1 Å². The highest BCUT2D eigenvalue weighted by Crippen LogP contribution is 2.28. The van der Waals surface area contributed by atoms with Crippen molar-refractivity contribution in [2.45, 2.75) is 0 Å². The molecule has 0 N–H and O–H groups in total. The smallest absolute Gasteiger partial charge is 0.0998 e. The van der Waals surface area contributed by atoms with Crippen LogP contribution < -0.4 is 4.90 Å². The molecule has 3 heteroatoms. The number of fused-ring (bicyclic) bond motifs is 1. The molecule has 0 atom stereocenters. The Balaban J connectivity index is 2.02. The van der Waals surface area contributed by atoms with Gasteiger partial charge in [0.05, 0.1) is 17.3 Å². The first-order valence-corrected chi connectivity index (χ1v) is 8.45. The first-order chi connectivity index (χ1) is 11.6. The molecule has 0 saturated carbocycles. The summed E-state index contributed by atoms with van der Waals surface area (Å²) in [5.74, 6) is 0. The van der Waals surface area contributed by atoms with E-state index in [1.807, 2.05) is 61.5 Å². The van der Waals surface area contributed by atoms with E-state index in [1.54, 1.807) is 0 Å². The van der Waals surface area contributed by atoms with Crippen LogP contribution in [0.1, 0.15) is 11.1 Å². The molecule has 118 valence electrons. The van der Waals surface area contributed by atoms with Gasteiger partial charge in [-0.15, -0.1) is 0 Å². The zero-order valence-electron chi connectivity index (χ0n) is 13.6. The zero-order valence-corrected chi connectivity index (χ0v) is 15.2. The van der Waals surface area contributed by atoms with Crippen LogP contribution in [-0.2, 0) is 0 Å². The lowest BCUT2D eigenvalue weighted by molar-refractivity contribution is 1.12. The summed E-state index contributed by atoms with van der Waals surface area (Å²) in [6.45, 7) is 0. The lowest BCUT2D eigenvalue weighted by Crippen LogP contribution is -2.09. The van der Waals surface area contributed by atoms with Crippen LogP contribution in [0.5, 0.6) is 0 Å². The van der Waals surface area contributed by atoms with E-state index in [2.05, 4.69) is 46.3 Å². The van der Waals surface area contributed by atoms with Gasteiger partial charge < -0.3 is 4.90 Å². The van der Waals surface area contributed by atoms with Gasteiger partial charge in [-0.1, -0.05) is 42.5 Å². The molecule has 24 heavy (non-hydrogen) atoms. The van der Waals surface area contributed by atoms with Crippen LogP contribution in [0.25, 0.3) is 22.4 Å². The number of allylic oxidation sites excluding steroid dienone is 1. The van der Waals surface area contributed by atoms with Crippen LogP contribution in [0, 0.1) is 11.3 Å². The molecule has 0 unspecified atom stereocenters. The standard InChI is InChI=1S/C21H17BrN2/c1-24(2)21-10-7-15(12-20(21)22)11-19(14-23)18-9-8-16-5-3-4-6-17(16)13-18/h3-13H,1-2H3/b19-11-. The van der Waals surface area contributed by atoms with Crippen molar-refractivity contribution in [3.05, 3.63) is 76.3 Å². The fourth-order valence-electron chi connectivity index (χ4n) is 2.68. The van der Waals surface area contributed by atoms with Crippen molar-refractivity contribution >= 4 is 44.0 Å². The second-order valence-electron chi connectivity index (χ2n) is 5.84. The van der Waals surface area contributed by atoms with Crippen LogP contribution in [0.15, 0.2) is 65.1 Å². The Labute approximate surface area is 150 Å². The Hall–Kier alpha value is -2.57. The molecule has 3 aromatic carbocycles. The molecule has 0 radical (unpaired) electrons. The van der Waals surface area contributed by atoms with Crippen molar-refractivity contribution in [1.29, 1.82) is 5.26 Å². The molecule has 2 nitrogen and oxygen atoms in total. The Kier molecular flexibility index (Phi) is 4.69. The summed E-state index contributed by atoms with van der Waals surface area (Å²) < 4.78 is 1.01. The van der Waals surface area contributed by atoms with E-state index in [1.165, 1.54) is 5.39 Å². The summed E-state index contributed by atoms with van der Waals surface area (Å²) >= 11 is 3.59. The second-order valence-corrected chi connectivity index (χ2v) is 6.69. The van der Waals surface area contributed by atoms with Gasteiger partial charge in [0.2, 0.25) is 0 Å². The van der Waals surface area contributed by atoms with Gasteiger partial charge in [-0.2, -0.15) is 5.26 Å². The summed E-state index contributed by atoms with van der Waals surface area (Å²) in [5, 5.41) is 11.9. The number of halogens is 1. The minimum absolute atomic E-state index is 0.658. The van der Waals surface area contributed by atoms with Gasteiger partial charge in [0.1, 0.15) is 0 Å². The number of nitrogens with zero attached hydrogens (tertiary/aromatic N) is 2. The third-order valence-corrected chi connectivity index (χ3v) is 4.58. The second kappa shape index (κ2) is 6.90. The van der Waals surface area contributed by atoms with Crippen LogP contribution >= 0.6 is 15.9 Å². The number of hydrogen-bond acceptors (Lipinski definition) is 2. The molecule has 3 aromatic rings. The summed E-state index contributed by atoms with van der Waals surface area (Å²) in [5.41, 5.74) is 3.70. The molecule has 0 bridgehead atoms. The topological polar surface area (TPSA) is 27.0 Å². The van der Waals surface area contributed by atoms with Gasteiger partial charge >= 0.3 is 0 Å². The molecule has 0 aromatic heterocycles. The summed E-state index contributed by atoms with van der Waals surface area (Å²) in [6, 6.07) is 22.7. The van der Waals surface area contributed by atoms with E-state index in [0.29, 0.717) is 5.57 Å². The largest absolute Gasteiger partial charge is 0.377 e. The highest BCUT2D eigenvalue weighted by atomic mass is 79.9. The molecular weight excluding hydrogens is 360 g/mol. The van der Waals surface area contributed by atoms with Crippen molar-refractivity contribution < 1.29 is 0 Å². The molecule has 0 saturated heterocycles. The van der Waals surface area contributed by atoms with Crippen LogP contribution in [0.3, 0.4) is 0 Å². The van der Waals surface area contributed by atoms with Crippen LogP contribution in [0.2, 0.25) is 0 Å². The maximum atomic E-state index is 9.59. The highest BCUT2D eigenvalue weighted by molar-refractivity contribution is 9.10. The fourth-order valence-corrected chi connectivity index (χ4v) is 3.43. The average molecular weight is 377 g/mol. The summed E-state index contributed by atoms with van der Waals surface area (Å²) in [4.78, 5) is 2.05. The van der Waals surface area contributed by atoms with E-state index in [0.717, 1.165) is 26.7 Å². The van der Waals surface area contributed by atoms with E-state index in [-0.39, 0.29) is 0 Å². The van der Waals surface area contributed by atoms with Gasteiger partial charge in [0, 0.05) is 18.6 Å². The van der Waals surface area contributed by atoms with Gasteiger partial charge in [-0.3, -0.25) is 0 Å². The molecule has 0 fully saturated rings.